The Kier molecular flexibility index (Phi) is 4.51. The van der Waals surface area contributed by atoms with Gasteiger partial charge in [-0.2, -0.15) is 0 Å². The van der Waals surface area contributed by atoms with Crippen molar-refractivity contribution >= 4 is 21.8 Å². The third kappa shape index (κ3) is 3.70. The van der Waals surface area contributed by atoms with Crippen molar-refractivity contribution in [1.29, 1.82) is 0 Å². The summed E-state index contributed by atoms with van der Waals surface area (Å²) >= 11 is 3.53. The first-order valence-electron chi connectivity index (χ1n) is 6.98. The normalized spacial score (nSPS) is 34.6. The molecule has 1 amide bonds. The fourth-order valence-corrected chi connectivity index (χ4v) is 4.31. The lowest BCUT2D eigenvalue weighted by atomic mass is 9.86. The van der Waals surface area contributed by atoms with E-state index in [1.807, 2.05) is 0 Å². The number of fused-ring (bicyclic) bond motifs is 2. The van der Waals surface area contributed by atoms with E-state index in [1.54, 1.807) is 0 Å². The summed E-state index contributed by atoms with van der Waals surface area (Å²) in [6.07, 6.45) is 7.26. The molecule has 0 aliphatic heterocycles. The van der Waals surface area contributed by atoms with E-state index in [0.717, 1.165) is 24.7 Å². The Balaban J connectivity index is 1.70. The molecule has 2 aliphatic rings. The van der Waals surface area contributed by atoms with Gasteiger partial charge < -0.3 is 5.32 Å². The summed E-state index contributed by atoms with van der Waals surface area (Å²) in [4.78, 5) is 12.4. The third-order valence-electron chi connectivity index (χ3n) is 4.42. The van der Waals surface area contributed by atoms with Gasteiger partial charge in [-0.1, -0.05) is 29.3 Å². The molecular weight excluding hydrogens is 278 g/mol. The van der Waals surface area contributed by atoms with Gasteiger partial charge in [0.05, 0.1) is 0 Å². The number of rotatable bonds is 5. The van der Waals surface area contributed by atoms with E-state index < -0.39 is 0 Å². The summed E-state index contributed by atoms with van der Waals surface area (Å²) in [6.45, 7) is 4.22. The van der Waals surface area contributed by atoms with Crippen molar-refractivity contribution in [3.63, 3.8) is 0 Å². The molecule has 2 fully saturated rings. The van der Waals surface area contributed by atoms with Crippen LogP contribution in [0.4, 0.5) is 0 Å². The van der Waals surface area contributed by atoms with Crippen molar-refractivity contribution < 1.29 is 4.79 Å². The van der Waals surface area contributed by atoms with E-state index in [2.05, 4.69) is 35.1 Å². The molecular formula is C14H24BrNO. The van der Waals surface area contributed by atoms with E-state index in [9.17, 15) is 4.79 Å². The van der Waals surface area contributed by atoms with E-state index in [4.69, 9.17) is 0 Å². The predicted molar refractivity (Wildman–Crippen MR) is 74.2 cm³/mol. The SMILES string of the molecule is CC(Br)CC(C)NC(=O)CC1CC2CCC1C2. The monoisotopic (exact) mass is 301 g/mol. The van der Waals surface area contributed by atoms with Crippen molar-refractivity contribution in [1.82, 2.24) is 5.32 Å². The van der Waals surface area contributed by atoms with Gasteiger partial charge in [0, 0.05) is 17.3 Å². The topological polar surface area (TPSA) is 29.1 Å². The number of alkyl halides is 1. The number of carbonyl (C=O) groups is 1. The minimum atomic E-state index is 0.267. The standard InChI is InChI=1S/C14H24BrNO/c1-9(15)5-10(2)16-14(17)8-13-7-11-3-4-12(13)6-11/h9-13H,3-8H2,1-2H3,(H,16,17). The minimum absolute atomic E-state index is 0.267. The molecule has 2 aliphatic carbocycles. The van der Waals surface area contributed by atoms with Gasteiger partial charge in [0.25, 0.3) is 0 Å². The average molecular weight is 302 g/mol. The number of hydrogen-bond donors (Lipinski definition) is 1. The van der Waals surface area contributed by atoms with Crippen molar-refractivity contribution in [3.8, 4) is 0 Å². The summed E-state index contributed by atoms with van der Waals surface area (Å²) in [5, 5.41) is 3.13. The van der Waals surface area contributed by atoms with Crippen LogP contribution in [-0.2, 0) is 4.79 Å². The highest BCUT2D eigenvalue weighted by Gasteiger charge is 2.40. The highest BCUT2D eigenvalue weighted by atomic mass is 79.9. The van der Waals surface area contributed by atoms with Gasteiger partial charge >= 0.3 is 0 Å². The zero-order valence-corrected chi connectivity index (χ0v) is 12.5. The zero-order valence-electron chi connectivity index (χ0n) is 10.9. The van der Waals surface area contributed by atoms with E-state index in [1.165, 1.54) is 25.7 Å². The van der Waals surface area contributed by atoms with Crippen molar-refractivity contribution in [2.24, 2.45) is 17.8 Å². The summed E-state index contributed by atoms with van der Waals surface area (Å²) in [6, 6.07) is 0.287. The fourth-order valence-electron chi connectivity index (χ4n) is 3.74. The number of nitrogens with one attached hydrogen (secondary N) is 1. The van der Waals surface area contributed by atoms with Crippen molar-refractivity contribution in [2.75, 3.05) is 0 Å². The Morgan fingerprint density at radius 1 is 1.35 bits per heavy atom. The molecule has 2 bridgehead atoms. The number of halogens is 1. The highest BCUT2D eigenvalue weighted by Crippen LogP contribution is 2.49. The molecule has 3 heteroatoms. The molecule has 1 N–H and O–H groups in total. The maximum Gasteiger partial charge on any atom is 0.220 e. The van der Waals surface area contributed by atoms with Crippen LogP contribution in [0.1, 0.15) is 52.4 Å². The van der Waals surface area contributed by atoms with Crippen LogP contribution >= 0.6 is 15.9 Å². The first kappa shape index (κ1) is 13.4. The molecule has 0 saturated heterocycles. The Bertz CT molecular complexity index is 279. The third-order valence-corrected chi connectivity index (χ3v) is 4.79. The molecule has 0 aromatic carbocycles. The maximum absolute atomic E-state index is 11.9. The lowest BCUT2D eigenvalue weighted by Crippen LogP contribution is -2.35. The Morgan fingerprint density at radius 2 is 2.12 bits per heavy atom. The molecule has 0 heterocycles. The minimum Gasteiger partial charge on any atom is -0.354 e. The summed E-state index contributed by atoms with van der Waals surface area (Å²) in [5.41, 5.74) is 0. The van der Waals surface area contributed by atoms with Gasteiger partial charge in [-0.25, -0.2) is 0 Å². The van der Waals surface area contributed by atoms with E-state index in [-0.39, 0.29) is 11.9 Å². The molecule has 5 atom stereocenters. The Labute approximate surface area is 113 Å². The first-order chi connectivity index (χ1) is 8.04. The number of carbonyl (C=O) groups excluding carboxylic acids is 1. The van der Waals surface area contributed by atoms with Crippen LogP contribution in [0.15, 0.2) is 0 Å². The maximum atomic E-state index is 11.9. The van der Waals surface area contributed by atoms with Crippen molar-refractivity contribution in [3.05, 3.63) is 0 Å². The molecule has 98 valence electrons. The molecule has 2 nitrogen and oxygen atoms in total. The summed E-state index contributed by atoms with van der Waals surface area (Å²) in [5.74, 6) is 2.75. The molecule has 5 unspecified atom stereocenters. The molecule has 0 radical (unpaired) electrons. The predicted octanol–water partition coefficient (Wildman–Crippen LogP) is 3.49. The molecule has 0 aromatic rings. The summed E-state index contributed by atoms with van der Waals surface area (Å²) in [7, 11) is 0. The van der Waals surface area contributed by atoms with E-state index >= 15 is 0 Å². The van der Waals surface area contributed by atoms with Crippen LogP contribution in [0, 0.1) is 17.8 Å². The van der Waals surface area contributed by atoms with Crippen LogP contribution in [0.3, 0.4) is 0 Å². The smallest absolute Gasteiger partial charge is 0.220 e. The lowest BCUT2D eigenvalue weighted by Gasteiger charge is -2.22. The first-order valence-corrected chi connectivity index (χ1v) is 7.89. The van der Waals surface area contributed by atoms with Gasteiger partial charge in [-0.15, -0.1) is 0 Å². The lowest BCUT2D eigenvalue weighted by molar-refractivity contribution is -0.123. The van der Waals surface area contributed by atoms with E-state index in [0.29, 0.717) is 10.7 Å². The van der Waals surface area contributed by atoms with Crippen molar-refractivity contribution in [2.45, 2.75) is 63.2 Å². The van der Waals surface area contributed by atoms with Crippen LogP contribution in [-0.4, -0.2) is 16.8 Å². The van der Waals surface area contributed by atoms with Gasteiger partial charge in [-0.05, 0) is 50.4 Å². The van der Waals surface area contributed by atoms with Gasteiger partial charge in [-0.3, -0.25) is 4.79 Å². The molecule has 2 saturated carbocycles. The van der Waals surface area contributed by atoms with Gasteiger partial charge in [0.1, 0.15) is 0 Å². The average Bonchev–Trinajstić information content (AvgIpc) is 2.76. The Hall–Kier alpha value is -0.0500. The number of amides is 1. The quantitative estimate of drug-likeness (QED) is 0.774. The number of hydrogen-bond acceptors (Lipinski definition) is 1. The summed E-state index contributed by atoms with van der Waals surface area (Å²) < 4.78 is 0. The van der Waals surface area contributed by atoms with Gasteiger partial charge in [0.2, 0.25) is 5.91 Å². The molecule has 2 rings (SSSR count). The molecule has 17 heavy (non-hydrogen) atoms. The highest BCUT2D eigenvalue weighted by molar-refractivity contribution is 9.09. The Morgan fingerprint density at radius 3 is 2.65 bits per heavy atom. The molecule has 0 aromatic heterocycles. The van der Waals surface area contributed by atoms with Crippen LogP contribution in [0.2, 0.25) is 0 Å². The van der Waals surface area contributed by atoms with Crippen LogP contribution in [0.5, 0.6) is 0 Å². The second kappa shape index (κ2) is 5.73. The van der Waals surface area contributed by atoms with Crippen LogP contribution < -0.4 is 5.32 Å². The molecule has 0 spiro atoms. The largest absolute Gasteiger partial charge is 0.354 e. The second-order valence-electron chi connectivity index (χ2n) is 6.12. The van der Waals surface area contributed by atoms with Crippen LogP contribution in [0.25, 0.3) is 0 Å². The fraction of sp³-hybridized carbons (Fsp3) is 0.929. The van der Waals surface area contributed by atoms with Gasteiger partial charge in [0.15, 0.2) is 0 Å². The second-order valence-corrected chi connectivity index (χ2v) is 7.69. The zero-order chi connectivity index (χ0) is 12.4.